The van der Waals surface area contributed by atoms with Crippen LogP contribution in [0.3, 0.4) is 0 Å². The monoisotopic (exact) mass is 320 g/mol. The topological polar surface area (TPSA) is 26.3 Å². The Balaban J connectivity index is 2.70. The summed E-state index contributed by atoms with van der Waals surface area (Å²) in [6.07, 6.45) is 14.1. The Labute approximate surface area is 143 Å². The molecule has 0 saturated heterocycles. The molecule has 2 heteroatoms. The summed E-state index contributed by atoms with van der Waals surface area (Å²) in [5, 5.41) is 0. The number of ether oxygens (including phenoxy) is 1. The first-order chi connectivity index (χ1) is 10.9. The van der Waals surface area contributed by atoms with E-state index in [9.17, 15) is 4.79 Å². The highest BCUT2D eigenvalue weighted by Crippen LogP contribution is 2.39. The number of hydrogen-bond donors (Lipinski definition) is 0. The van der Waals surface area contributed by atoms with Gasteiger partial charge in [-0.1, -0.05) is 57.6 Å². The van der Waals surface area contributed by atoms with Crippen molar-refractivity contribution >= 4 is 5.97 Å². The van der Waals surface area contributed by atoms with E-state index in [2.05, 4.69) is 19.9 Å². The first kappa shape index (κ1) is 20.0. The Bertz CT molecular complexity index is 435. The number of allylic oxidation sites excluding steroid dienone is 2. The molecule has 0 fully saturated rings. The summed E-state index contributed by atoms with van der Waals surface area (Å²) in [4.78, 5) is 12.5. The standard InChI is InChI=1S/C21H36O2/c1-6-8-10-12-14-17-16-18(15-13-11-9-7-2)19(17)20(22)23-21(3,4)5/h14H,6-13,15-16H2,1-5H3/b17-14-. The lowest BCUT2D eigenvalue weighted by Gasteiger charge is -2.29. The second kappa shape index (κ2) is 9.95. The van der Waals surface area contributed by atoms with Gasteiger partial charge in [0.05, 0.1) is 5.57 Å². The molecule has 1 aliphatic carbocycles. The lowest BCUT2D eigenvalue weighted by Crippen LogP contribution is -2.28. The molecule has 0 N–H and O–H groups in total. The van der Waals surface area contributed by atoms with Crippen LogP contribution in [-0.4, -0.2) is 11.6 Å². The summed E-state index contributed by atoms with van der Waals surface area (Å²) in [5.41, 5.74) is 3.02. The van der Waals surface area contributed by atoms with Gasteiger partial charge < -0.3 is 4.74 Å². The van der Waals surface area contributed by atoms with E-state index >= 15 is 0 Å². The lowest BCUT2D eigenvalue weighted by atomic mass is 9.79. The molecule has 0 amide bonds. The third-order valence-electron chi connectivity index (χ3n) is 4.21. The van der Waals surface area contributed by atoms with Crippen LogP contribution in [0.25, 0.3) is 0 Å². The SMILES string of the molecule is CCCCC/C=C1/CC(CCCCCC)=C1C(=O)OC(C)(C)C. The molecule has 0 heterocycles. The molecule has 23 heavy (non-hydrogen) atoms. The number of unbranched alkanes of at least 4 members (excludes halogenated alkanes) is 6. The van der Waals surface area contributed by atoms with Gasteiger partial charge in [-0.05, 0) is 58.4 Å². The molecule has 0 aromatic rings. The van der Waals surface area contributed by atoms with Crippen molar-refractivity contribution in [1.82, 2.24) is 0 Å². The molecule has 0 spiro atoms. The van der Waals surface area contributed by atoms with Crippen LogP contribution >= 0.6 is 0 Å². The van der Waals surface area contributed by atoms with Gasteiger partial charge in [0, 0.05) is 0 Å². The highest BCUT2D eigenvalue weighted by atomic mass is 16.6. The van der Waals surface area contributed by atoms with Crippen LogP contribution in [0.1, 0.15) is 98.8 Å². The fraction of sp³-hybridized carbons (Fsp3) is 0.762. The van der Waals surface area contributed by atoms with Crippen LogP contribution in [0, 0.1) is 0 Å². The lowest BCUT2D eigenvalue weighted by molar-refractivity contribution is -0.149. The van der Waals surface area contributed by atoms with E-state index in [1.807, 2.05) is 20.8 Å². The zero-order chi connectivity index (χ0) is 17.3. The maximum absolute atomic E-state index is 12.5. The molecule has 1 rings (SSSR count). The van der Waals surface area contributed by atoms with Gasteiger partial charge in [0.1, 0.15) is 5.60 Å². The van der Waals surface area contributed by atoms with Crippen molar-refractivity contribution in [1.29, 1.82) is 0 Å². The van der Waals surface area contributed by atoms with Crippen LogP contribution in [-0.2, 0) is 9.53 Å². The Hall–Kier alpha value is -1.05. The molecule has 0 bridgehead atoms. The minimum atomic E-state index is -0.416. The van der Waals surface area contributed by atoms with Gasteiger partial charge >= 0.3 is 5.97 Å². The van der Waals surface area contributed by atoms with E-state index in [-0.39, 0.29) is 5.97 Å². The maximum Gasteiger partial charge on any atom is 0.338 e. The van der Waals surface area contributed by atoms with Crippen LogP contribution in [0.15, 0.2) is 22.8 Å². The normalized spacial score (nSPS) is 16.7. The molecule has 0 saturated carbocycles. The highest BCUT2D eigenvalue weighted by Gasteiger charge is 2.31. The van der Waals surface area contributed by atoms with Gasteiger partial charge in [0.25, 0.3) is 0 Å². The number of hydrogen-bond acceptors (Lipinski definition) is 2. The second-order valence-corrected chi connectivity index (χ2v) is 7.69. The summed E-state index contributed by atoms with van der Waals surface area (Å²) in [6.45, 7) is 10.3. The number of rotatable bonds is 10. The average molecular weight is 321 g/mol. The number of carbonyl (C=O) groups is 1. The van der Waals surface area contributed by atoms with Crippen molar-refractivity contribution in [2.45, 2.75) is 104 Å². The minimum Gasteiger partial charge on any atom is -0.456 e. The van der Waals surface area contributed by atoms with Crippen molar-refractivity contribution in [3.63, 3.8) is 0 Å². The molecule has 0 unspecified atom stereocenters. The zero-order valence-electron chi connectivity index (χ0n) is 16.0. The quantitative estimate of drug-likeness (QED) is 0.339. The minimum absolute atomic E-state index is 0.115. The Morgan fingerprint density at radius 1 is 1.04 bits per heavy atom. The molecule has 0 aromatic carbocycles. The smallest absolute Gasteiger partial charge is 0.338 e. The Morgan fingerprint density at radius 2 is 1.70 bits per heavy atom. The fourth-order valence-corrected chi connectivity index (χ4v) is 2.96. The highest BCUT2D eigenvalue weighted by molar-refractivity contribution is 5.97. The average Bonchev–Trinajstić information content (AvgIpc) is 2.41. The van der Waals surface area contributed by atoms with Gasteiger partial charge in [0.2, 0.25) is 0 Å². The molecule has 0 radical (unpaired) electrons. The number of esters is 1. The molecule has 0 aromatic heterocycles. The van der Waals surface area contributed by atoms with Gasteiger partial charge in [-0.25, -0.2) is 4.79 Å². The summed E-state index contributed by atoms with van der Waals surface area (Å²) in [5.74, 6) is -0.115. The Kier molecular flexibility index (Phi) is 8.65. The van der Waals surface area contributed by atoms with Crippen LogP contribution < -0.4 is 0 Å². The fourth-order valence-electron chi connectivity index (χ4n) is 2.96. The van der Waals surface area contributed by atoms with Crippen molar-refractivity contribution in [3.05, 3.63) is 22.8 Å². The van der Waals surface area contributed by atoms with Gasteiger partial charge in [-0.2, -0.15) is 0 Å². The predicted octanol–water partition coefficient (Wildman–Crippen LogP) is 6.51. The summed E-state index contributed by atoms with van der Waals surface area (Å²) in [7, 11) is 0. The first-order valence-corrected chi connectivity index (χ1v) is 9.53. The van der Waals surface area contributed by atoms with Crippen molar-refractivity contribution in [3.8, 4) is 0 Å². The van der Waals surface area contributed by atoms with Crippen molar-refractivity contribution in [2.24, 2.45) is 0 Å². The van der Waals surface area contributed by atoms with Gasteiger partial charge in [0.15, 0.2) is 0 Å². The van der Waals surface area contributed by atoms with E-state index in [0.717, 1.165) is 24.8 Å². The van der Waals surface area contributed by atoms with Crippen LogP contribution in [0.4, 0.5) is 0 Å². The van der Waals surface area contributed by atoms with Crippen LogP contribution in [0.2, 0.25) is 0 Å². The summed E-state index contributed by atoms with van der Waals surface area (Å²) >= 11 is 0. The molecule has 0 atom stereocenters. The third-order valence-corrected chi connectivity index (χ3v) is 4.21. The van der Waals surface area contributed by atoms with E-state index in [4.69, 9.17) is 4.74 Å². The van der Waals surface area contributed by atoms with Crippen molar-refractivity contribution in [2.75, 3.05) is 0 Å². The third kappa shape index (κ3) is 7.37. The first-order valence-electron chi connectivity index (χ1n) is 9.53. The largest absolute Gasteiger partial charge is 0.456 e. The molecular weight excluding hydrogens is 284 g/mol. The molecule has 0 aliphatic heterocycles. The molecule has 1 aliphatic rings. The van der Waals surface area contributed by atoms with Crippen LogP contribution in [0.5, 0.6) is 0 Å². The molecular formula is C21H36O2. The number of carbonyl (C=O) groups excluding carboxylic acids is 1. The summed E-state index contributed by atoms with van der Waals surface area (Å²) < 4.78 is 5.62. The predicted molar refractivity (Wildman–Crippen MR) is 98.5 cm³/mol. The van der Waals surface area contributed by atoms with Crippen molar-refractivity contribution < 1.29 is 9.53 Å². The van der Waals surface area contributed by atoms with E-state index in [1.165, 1.54) is 56.1 Å². The van der Waals surface area contributed by atoms with Gasteiger partial charge in [-0.3, -0.25) is 0 Å². The second-order valence-electron chi connectivity index (χ2n) is 7.69. The van der Waals surface area contributed by atoms with Gasteiger partial charge in [-0.15, -0.1) is 0 Å². The molecule has 132 valence electrons. The molecule has 2 nitrogen and oxygen atoms in total. The summed E-state index contributed by atoms with van der Waals surface area (Å²) in [6, 6.07) is 0. The maximum atomic E-state index is 12.5. The van der Waals surface area contributed by atoms with E-state index < -0.39 is 5.60 Å². The zero-order valence-corrected chi connectivity index (χ0v) is 16.0. The Morgan fingerprint density at radius 3 is 2.30 bits per heavy atom. The van der Waals surface area contributed by atoms with E-state index in [0.29, 0.717) is 0 Å². The van der Waals surface area contributed by atoms with E-state index in [1.54, 1.807) is 0 Å².